The highest BCUT2D eigenvalue weighted by molar-refractivity contribution is 5.81. The number of hydrogen-bond acceptors (Lipinski definition) is 3. The molecule has 0 aromatic carbocycles. The molecule has 1 heterocycles. The van der Waals surface area contributed by atoms with Crippen molar-refractivity contribution in [3.05, 3.63) is 0 Å². The van der Waals surface area contributed by atoms with Crippen molar-refractivity contribution >= 4 is 12.2 Å². The van der Waals surface area contributed by atoms with Crippen LogP contribution in [-0.2, 0) is 14.3 Å². The van der Waals surface area contributed by atoms with E-state index in [1.807, 2.05) is 0 Å². The molecular weight excluding hydrogens is 182 g/mol. The van der Waals surface area contributed by atoms with Gasteiger partial charge in [-0.1, -0.05) is 6.92 Å². The van der Waals surface area contributed by atoms with Crippen LogP contribution in [0.4, 0.5) is 0 Å². The first-order chi connectivity index (χ1) is 6.77. The van der Waals surface area contributed by atoms with Crippen LogP contribution in [0.25, 0.3) is 0 Å². The Balaban J connectivity index is 2.21. The van der Waals surface area contributed by atoms with Crippen LogP contribution in [0.5, 0.6) is 0 Å². The topological polar surface area (TPSA) is 55.4 Å². The molecule has 0 aromatic heterocycles. The molecule has 0 aromatic rings. The van der Waals surface area contributed by atoms with E-state index in [0.29, 0.717) is 13.0 Å². The Hall–Kier alpha value is -0.900. The lowest BCUT2D eigenvalue weighted by Crippen LogP contribution is -2.35. The van der Waals surface area contributed by atoms with Crippen molar-refractivity contribution in [2.75, 3.05) is 6.54 Å². The normalized spacial score (nSPS) is 26.1. The smallest absolute Gasteiger partial charge is 0.249 e. The lowest BCUT2D eigenvalue weighted by molar-refractivity contribution is -0.132. The summed E-state index contributed by atoms with van der Waals surface area (Å²) in [7, 11) is 0. The first-order valence-electron chi connectivity index (χ1n) is 5.14. The fourth-order valence-electron chi connectivity index (χ4n) is 1.57. The van der Waals surface area contributed by atoms with Crippen LogP contribution < -0.4 is 5.32 Å². The minimum atomic E-state index is -0.299. The molecule has 0 spiro atoms. The number of rotatable bonds is 5. The van der Waals surface area contributed by atoms with Crippen molar-refractivity contribution in [3.63, 3.8) is 0 Å². The quantitative estimate of drug-likeness (QED) is 0.522. The lowest BCUT2D eigenvalue weighted by Gasteiger charge is -2.11. The minimum absolute atomic E-state index is 0.0807. The Kier molecular flexibility index (Phi) is 4.59. The predicted octanol–water partition coefficient (Wildman–Crippen LogP) is 0.649. The fraction of sp³-hybridized carbons (Fsp3) is 0.800. The van der Waals surface area contributed by atoms with Crippen molar-refractivity contribution in [1.29, 1.82) is 0 Å². The summed E-state index contributed by atoms with van der Waals surface area (Å²) in [5.41, 5.74) is 0. The molecule has 0 saturated carbocycles. The molecule has 0 radical (unpaired) electrons. The Bertz CT molecular complexity index is 206. The number of hydrogen-bond donors (Lipinski definition) is 1. The van der Waals surface area contributed by atoms with E-state index >= 15 is 0 Å². The zero-order chi connectivity index (χ0) is 10.4. The Morgan fingerprint density at radius 2 is 2.36 bits per heavy atom. The average molecular weight is 199 g/mol. The van der Waals surface area contributed by atoms with Gasteiger partial charge in [-0.3, -0.25) is 4.79 Å². The zero-order valence-electron chi connectivity index (χ0n) is 8.49. The molecule has 0 unspecified atom stereocenters. The van der Waals surface area contributed by atoms with Crippen LogP contribution in [0.3, 0.4) is 0 Å². The van der Waals surface area contributed by atoms with Gasteiger partial charge in [-0.05, 0) is 19.3 Å². The van der Waals surface area contributed by atoms with Crippen molar-refractivity contribution in [3.8, 4) is 0 Å². The van der Waals surface area contributed by atoms with Crippen molar-refractivity contribution in [1.82, 2.24) is 5.32 Å². The third-order valence-electron chi connectivity index (χ3n) is 2.42. The minimum Gasteiger partial charge on any atom is -0.365 e. The van der Waals surface area contributed by atoms with Crippen LogP contribution in [0.2, 0.25) is 0 Å². The summed E-state index contributed by atoms with van der Waals surface area (Å²) in [6.45, 7) is 2.47. The maximum absolute atomic E-state index is 11.4. The van der Waals surface area contributed by atoms with Gasteiger partial charge in [0.2, 0.25) is 5.91 Å². The molecule has 0 aliphatic carbocycles. The Morgan fingerprint density at radius 1 is 1.57 bits per heavy atom. The molecule has 1 fully saturated rings. The number of amides is 1. The van der Waals surface area contributed by atoms with Gasteiger partial charge in [-0.2, -0.15) is 0 Å². The predicted molar refractivity (Wildman–Crippen MR) is 51.9 cm³/mol. The molecule has 1 aliphatic rings. The highest BCUT2D eigenvalue weighted by Crippen LogP contribution is 2.21. The number of aldehydes is 1. The average Bonchev–Trinajstić information content (AvgIpc) is 2.66. The summed E-state index contributed by atoms with van der Waals surface area (Å²) < 4.78 is 5.50. The number of carbonyl (C=O) groups is 2. The maximum Gasteiger partial charge on any atom is 0.249 e. The molecule has 4 nitrogen and oxygen atoms in total. The van der Waals surface area contributed by atoms with Gasteiger partial charge in [0, 0.05) is 13.0 Å². The van der Waals surface area contributed by atoms with E-state index in [-0.39, 0.29) is 18.1 Å². The van der Waals surface area contributed by atoms with Crippen LogP contribution in [0.15, 0.2) is 0 Å². The van der Waals surface area contributed by atoms with Crippen molar-refractivity contribution in [2.24, 2.45) is 0 Å². The second kappa shape index (κ2) is 5.75. The molecule has 1 rings (SSSR count). The van der Waals surface area contributed by atoms with Crippen LogP contribution in [-0.4, -0.2) is 30.9 Å². The van der Waals surface area contributed by atoms with E-state index in [1.165, 1.54) is 0 Å². The SMILES string of the molecule is CC[C@@H]1CC[C@H](C(=O)NCCC=O)O1. The monoisotopic (exact) mass is 199 g/mol. The number of carbonyl (C=O) groups excluding carboxylic acids is 2. The number of nitrogens with one attached hydrogen (secondary N) is 1. The summed E-state index contributed by atoms with van der Waals surface area (Å²) in [4.78, 5) is 21.5. The first kappa shape index (κ1) is 11.2. The molecule has 0 bridgehead atoms. The van der Waals surface area contributed by atoms with Gasteiger partial charge in [0.25, 0.3) is 0 Å². The van der Waals surface area contributed by atoms with Gasteiger partial charge in [0.15, 0.2) is 0 Å². The first-order valence-corrected chi connectivity index (χ1v) is 5.14. The largest absolute Gasteiger partial charge is 0.365 e. The fourth-order valence-corrected chi connectivity index (χ4v) is 1.57. The molecule has 1 N–H and O–H groups in total. The third kappa shape index (κ3) is 3.10. The van der Waals surface area contributed by atoms with Gasteiger partial charge >= 0.3 is 0 Å². The molecule has 2 atom stereocenters. The summed E-state index contributed by atoms with van der Waals surface area (Å²) in [6.07, 6.45) is 3.81. The Morgan fingerprint density at radius 3 is 2.93 bits per heavy atom. The maximum atomic E-state index is 11.4. The highest BCUT2D eigenvalue weighted by Gasteiger charge is 2.29. The lowest BCUT2D eigenvalue weighted by atomic mass is 10.1. The van der Waals surface area contributed by atoms with Gasteiger partial charge in [-0.25, -0.2) is 0 Å². The summed E-state index contributed by atoms with van der Waals surface area (Å²) >= 11 is 0. The van der Waals surface area contributed by atoms with Crippen LogP contribution in [0, 0.1) is 0 Å². The highest BCUT2D eigenvalue weighted by atomic mass is 16.5. The summed E-state index contributed by atoms with van der Waals surface area (Å²) in [5, 5.41) is 2.67. The molecule has 80 valence electrons. The van der Waals surface area contributed by atoms with Crippen molar-refractivity contribution in [2.45, 2.75) is 44.8 Å². The van der Waals surface area contributed by atoms with Gasteiger partial charge < -0.3 is 14.8 Å². The van der Waals surface area contributed by atoms with Crippen molar-refractivity contribution < 1.29 is 14.3 Å². The second-order valence-corrected chi connectivity index (χ2v) is 3.48. The number of ether oxygens (including phenoxy) is 1. The van der Waals surface area contributed by atoms with Gasteiger partial charge in [0.05, 0.1) is 6.10 Å². The van der Waals surface area contributed by atoms with E-state index in [0.717, 1.165) is 25.5 Å². The summed E-state index contributed by atoms with van der Waals surface area (Å²) in [5.74, 6) is -0.0807. The van der Waals surface area contributed by atoms with E-state index in [4.69, 9.17) is 4.74 Å². The van der Waals surface area contributed by atoms with E-state index in [9.17, 15) is 9.59 Å². The molecule has 1 amide bonds. The van der Waals surface area contributed by atoms with Crippen LogP contribution >= 0.6 is 0 Å². The second-order valence-electron chi connectivity index (χ2n) is 3.48. The molecule has 4 heteroatoms. The van der Waals surface area contributed by atoms with Crippen LogP contribution in [0.1, 0.15) is 32.6 Å². The Labute approximate surface area is 84.0 Å². The standard InChI is InChI=1S/C10H17NO3/c1-2-8-4-5-9(14-8)10(13)11-6-3-7-12/h7-9H,2-6H2,1H3,(H,11,13)/t8-,9-/m1/s1. The molecule has 1 saturated heterocycles. The molecule has 14 heavy (non-hydrogen) atoms. The molecular formula is C10H17NO3. The molecule has 1 aliphatic heterocycles. The van der Waals surface area contributed by atoms with E-state index in [2.05, 4.69) is 12.2 Å². The summed E-state index contributed by atoms with van der Waals surface area (Å²) in [6, 6.07) is 0. The third-order valence-corrected chi connectivity index (χ3v) is 2.42. The van der Waals surface area contributed by atoms with Gasteiger partial charge in [-0.15, -0.1) is 0 Å². The van der Waals surface area contributed by atoms with Gasteiger partial charge in [0.1, 0.15) is 12.4 Å². The van der Waals surface area contributed by atoms with E-state index in [1.54, 1.807) is 0 Å². The zero-order valence-corrected chi connectivity index (χ0v) is 8.49. The van der Waals surface area contributed by atoms with E-state index < -0.39 is 0 Å².